The molecule has 174 valence electrons. The van der Waals surface area contributed by atoms with Crippen molar-refractivity contribution in [1.82, 2.24) is 19.1 Å². The number of aryl methyl sites for hydroxylation is 1. The van der Waals surface area contributed by atoms with Crippen LogP contribution in [0.25, 0.3) is 33.9 Å². The number of hydrogen-bond acceptors (Lipinski definition) is 3. The predicted octanol–water partition coefficient (Wildman–Crippen LogP) is 6.62. The molecule has 2 heterocycles. The van der Waals surface area contributed by atoms with Crippen LogP contribution in [0.5, 0.6) is 0 Å². The van der Waals surface area contributed by atoms with Gasteiger partial charge in [-0.15, -0.1) is 0 Å². The molecule has 0 bridgehead atoms. The van der Waals surface area contributed by atoms with E-state index in [2.05, 4.69) is 29.2 Å². The Morgan fingerprint density at radius 1 is 0.886 bits per heavy atom. The lowest BCUT2D eigenvalue weighted by atomic mass is 10.0. The van der Waals surface area contributed by atoms with Crippen LogP contribution in [0.2, 0.25) is 5.02 Å². The number of nitrogens with zero attached hydrogens (tertiary/aromatic N) is 4. The van der Waals surface area contributed by atoms with E-state index in [1.54, 1.807) is 23.0 Å². The van der Waals surface area contributed by atoms with Crippen molar-refractivity contribution in [2.75, 3.05) is 0 Å². The fraction of sp³-hybridized carbons (Fsp3) is 0.207. The second kappa shape index (κ2) is 9.16. The minimum atomic E-state index is -0.212. The van der Waals surface area contributed by atoms with Crippen LogP contribution in [0.15, 0.2) is 90.0 Å². The van der Waals surface area contributed by atoms with Crippen LogP contribution in [-0.2, 0) is 6.42 Å². The highest BCUT2D eigenvalue weighted by Crippen LogP contribution is 2.34. The molecule has 0 atom stereocenters. The SMILES string of the molecule is O=c1c2ncn(-c3ccccc3)c2nc(-c2ccc(CCCC3CC3)cc2)n1-c1ccc(Cl)cc1. The Kier molecular flexibility index (Phi) is 5.71. The molecule has 0 N–H and O–H groups in total. The van der Waals surface area contributed by atoms with E-state index in [9.17, 15) is 4.79 Å². The standard InChI is InChI=1S/C29H25ClN4O/c30-23-15-17-25(18-16-23)34-27(22-13-11-21(12-14-22)6-4-5-20-9-10-20)32-28-26(29(34)35)31-19-33(28)24-7-2-1-3-8-24/h1-3,7-8,11-20H,4-6,9-10H2. The second-order valence-electron chi connectivity index (χ2n) is 9.21. The molecule has 0 radical (unpaired) electrons. The van der Waals surface area contributed by atoms with Crippen molar-refractivity contribution in [3.63, 3.8) is 0 Å². The maximum atomic E-state index is 13.7. The normalized spacial score (nSPS) is 13.4. The average molecular weight is 481 g/mol. The molecule has 1 aliphatic rings. The Morgan fingerprint density at radius 3 is 2.34 bits per heavy atom. The summed E-state index contributed by atoms with van der Waals surface area (Å²) in [6, 6.07) is 25.5. The van der Waals surface area contributed by atoms with E-state index in [-0.39, 0.29) is 5.56 Å². The molecule has 0 unspecified atom stereocenters. The Hall–Kier alpha value is -3.70. The van der Waals surface area contributed by atoms with Crippen LogP contribution in [0.3, 0.4) is 0 Å². The van der Waals surface area contributed by atoms with Gasteiger partial charge >= 0.3 is 0 Å². The van der Waals surface area contributed by atoms with Crippen LogP contribution >= 0.6 is 11.6 Å². The van der Waals surface area contributed by atoms with Crippen LogP contribution in [-0.4, -0.2) is 19.1 Å². The second-order valence-corrected chi connectivity index (χ2v) is 9.64. The summed E-state index contributed by atoms with van der Waals surface area (Å²) >= 11 is 6.13. The highest BCUT2D eigenvalue weighted by Gasteiger charge is 2.21. The average Bonchev–Trinajstić information content (AvgIpc) is 3.62. The van der Waals surface area contributed by atoms with E-state index in [1.807, 2.05) is 47.0 Å². The van der Waals surface area contributed by atoms with E-state index in [0.717, 1.165) is 23.6 Å². The van der Waals surface area contributed by atoms with Crippen molar-refractivity contribution in [3.8, 4) is 22.8 Å². The smallest absolute Gasteiger partial charge is 0.283 e. The molecular formula is C29H25ClN4O. The quantitative estimate of drug-likeness (QED) is 0.263. The van der Waals surface area contributed by atoms with Gasteiger partial charge in [0, 0.05) is 16.3 Å². The number of imidazole rings is 1. The third-order valence-corrected chi connectivity index (χ3v) is 6.93. The van der Waals surface area contributed by atoms with E-state index in [1.165, 1.54) is 31.2 Å². The topological polar surface area (TPSA) is 52.7 Å². The largest absolute Gasteiger partial charge is 0.286 e. The summed E-state index contributed by atoms with van der Waals surface area (Å²) in [6.45, 7) is 0. The molecule has 35 heavy (non-hydrogen) atoms. The summed E-state index contributed by atoms with van der Waals surface area (Å²) in [5.41, 5.74) is 4.44. The van der Waals surface area contributed by atoms with Crippen molar-refractivity contribution < 1.29 is 0 Å². The zero-order chi connectivity index (χ0) is 23.8. The van der Waals surface area contributed by atoms with Gasteiger partial charge < -0.3 is 0 Å². The van der Waals surface area contributed by atoms with Crippen molar-refractivity contribution >= 4 is 22.8 Å². The maximum Gasteiger partial charge on any atom is 0.286 e. The lowest BCUT2D eigenvalue weighted by molar-refractivity contribution is 0.666. The fourth-order valence-electron chi connectivity index (χ4n) is 4.57. The van der Waals surface area contributed by atoms with E-state index < -0.39 is 0 Å². The number of fused-ring (bicyclic) bond motifs is 1. The summed E-state index contributed by atoms with van der Waals surface area (Å²) in [4.78, 5) is 23.2. The lowest BCUT2D eigenvalue weighted by Crippen LogP contribution is -2.22. The van der Waals surface area contributed by atoms with Gasteiger partial charge in [0.2, 0.25) is 0 Å². The van der Waals surface area contributed by atoms with Crippen molar-refractivity contribution in [1.29, 1.82) is 0 Å². The van der Waals surface area contributed by atoms with E-state index in [0.29, 0.717) is 27.7 Å². The summed E-state index contributed by atoms with van der Waals surface area (Å²) in [7, 11) is 0. The maximum absolute atomic E-state index is 13.7. The number of aromatic nitrogens is 4. The van der Waals surface area contributed by atoms with E-state index >= 15 is 0 Å². The fourth-order valence-corrected chi connectivity index (χ4v) is 4.70. The minimum absolute atomic E-state index is 0.212. The lowest BCUT2D eigenvalue weighted by Gasteiger charge is -2.14. The Labute approximate surface area is 208 Å². The first kappa shape index (κ1) is 21.8. The molecule has 1 saturated carbocycles. The first-order valence-corrected chi connectivity index (χ1v) is 12.5. The molecule has 5 aromatic rings. The molecule has 0 aliphatic heterocycles. The first-order valence-electron chi connectivity index (χ1n) is 12.1. The van der Waals surface area contributed by atoms with Crippen molar-refractivity contribution in [2.45, 2.75) is 32.1 Å². The van der Waals surface area contributed by atoms with Crippen LogP contribution in [0, 0.1) is 5.92 Å². The first-order chi connectivity index (χ1) is 17.2. The van der Waals surface area contributed by atoms with Crippen LogP contribution < -0.4 is 5.56 Å². The molecule has 0 saturated heterocycles. The molecule has 5 nitrogen and oxygen atoms in total. The summed E-state index contributed by atoms with van der Waals surface area (Å²) in [6.07, 6.45) is 8.07. The number of halogens is 1. The number of benzene rings is 3. The van der Waals surface area contributed by atoms with E-state index in [4.69, 9.17) is 16.6 Å². The van der Waals surface area contributed by atoms with Gasteiger partial charge in [-0.05, 0) is 60.7 Å². The number of para-hydroxylation sites is 1. The number of rotatable bonds is 7. The highest BCUT2D eigenvalue weighted by atomic mass is 35.5. The van der Waals surface area contributed by atoms with Gasteiger partial charge in [0.1, 0.15) is 12.2 Å². The molecule has 0 spiro atoms. The van der Waals surface area contributed by atoms with Gasteiger partial charge in [-0.3, -0.25) is 13.9 Å². The summed E-state index contributed by atoms with van der Waals surface area (Å²) in [5.74, 6) is 1.53. The predicted molar refractivity (Wildman–Crippen MR) is 141 cm³/mol. The van der Waals surface area contributed by atoms with Gasteiger partial charge in [-0.25, -0.2) is 9.97 Å². The van der Waals surface area contributed by atoms with Crippen LogP contribution in [0.1, 0.15) is 31.2 Å². The zero-order valence-corrected chi connectivity index (χ0v) is 20.0. The third-order valence-electron chi connectivity index (χ3n) is 6.68. The molecule has 2 aromatic heterocycles. The molecule has 6 heteroatoms. The summed E-state index contributed by atoms with van der Waals surface area (Å²) < 4.78 is 3.49. The Morgan fingerprint density at radius 2 is 1.63 bits per heavy atom. The highest BCUT2D eigenvalue weighted by molar-refractivity contribution is 6.30. The van der Waals surface area contributed by atoms with Gasteiger partial charge in [0.15, 0.2) is 11.2 Å². The van der Waals surface area contributed by atoms with Crippen LogP contribution in [0.4, 0.5) is 0 Å². The monoisotopic (exact) mass is 480 g/mol. The molecule has 6 rings (SSSR count). The minimum Gasteiger partial charge on any atom is -0.283 e. The van der Waals surface area contributed by atoms with Crippen molar-refractivity contribution in [3.05, 3.63) is 106 Å². The summed E-state index contributed by atoms with van der Waals surface area (Å²) in [5, 5.41) is 0.612. The Bertz CT molecular complexity index is 1530. The molecular weight excluding hydrogens is 456 g/mol. The van der Waals surface area contributed by atoms with Gasteiger partial charge in [-0.1, -0.05) is 73.3 Å². The third kappa shape index (κ3) is 4.40. The molecule has 1 fully saturated rings. The zero-order valence-electron chi connectivity index (χ0n) is 19.3. The Balaban J connectivity index is 1.48. The molecule has 3 aromatic carbocycles. The van der Waals surface area contributed by atoms with Gasteiger partial charge in [-0.2, -0.15) is 0 Å². The molecule has 1 aliphatic carbocycles. The van der Waals surface area contributed by atoms with Gasteiger partial charge in [0.05, 0.1) is 5.69 Å². The van der Waals surface area contributed by atoms with Gasteiger partial charge in [0.25, 0.3) is 5.56 Å². The molecule has 0 amide bonds. The number of hydrogen-bond donors (Lipinski definition) is 0. The van der Waals surface area contributed by atoms with Crippen molar-refractivity contribution in [2.24, 2.45) is 5.92 Å².